The van der Waals surface area contributed by atoms with Crippen molar-refractivity contribution < 1.29 is 10.2 Å². The second-order valence-corrected chi connectivity index (χ2v) is 8.35. The van der Waals surface area contributed by atoms with Crippen LogP contribution in [0.5, 0.6) is 0 Å². The maximum absolute atomic E-state index is 9.84. The van der Waals surface area contributed by atoms with Crippen LogP contribution in [-0.4, -0.2) is 70.7 Å². The van der Waals surface area contributed by atoms with Gasteiger partial charge in [-0.1, -0.05) is 41.7 Å². The Morgan fingerprint density at radius 3 is 2.50 bits per heavy atom. The number of piperidine rings is 1. The SMILES string of the molecule is OC[C@H]1CN(c2nnc(-c3ccccc3)s2)C[C@H]1CN1CCC(O)CC1. The van der Waals surface area contributed by atoms with Crippen molar-refractivity contribution >= 4 is 16.5 Å². The lowest BCUT2D eigenvalue weighted by atomic mass is 9.95. The lowest BCUT2D eigenvalue weighted by Gasteiger charge is -2.32. The van der Waals surface area contributed by atoms with E-state index in [1.54, 1.807) is 11.3 Å². The van der Waals surface area contributed by atoms with E-state index in [1.165, 1.54) is 0 Å². The van der Waals surface area contributed by atoms with Crippen LogP contribution in [-0.2, 0) is 0 Å². The summed E-state index contributed by atoms with van der Waals surface area (Å²) in [5.74, 6) is 0.699. The normalized spacial score (nSPS) is 25.1. The molecule has 3 heterocycles. The average Bonchev–Trinajstić information content (AvgIpc) is 3.31. The van der Waals surface area contributed by atoms with Crippen LogP contribution >= 0.6 is 11.3 Å². The summed E-state index contributed by atoms with van der Waals surface area (Å²) in [5.41, 5.74) is 1.09. The number of aliphatic hydroxyl groups is 2. The standard InChI is InChI=1S/C19H26N4O2S/c24-13-16-12-23(11-15(16)10-22-8-6-17(25)7-9-22)19-21-20-18(26-19)14-4-2-1-3-5-14/h1-5,15-17,24-25H,6-13H2/t15-,16-/m1/s1. The van der Waals surface area contributed by atoms with E-state index in [-0.39, 0.29) is 18.6 Å². The van der Waals surface area contributed by atoms with E-state index in [1.807, 2.05) is 18.2 Å². The van der Waals surface area contributed by atoms with Crippen LogP contribution in [0.2, 0.25) is 0 Å². The van der Waals surface area contributed by atoms with Crippen molar-refractivity contribution in [2.75, 3.05) is 44.2 Å². The Kier molecular flexibility index (Phi) is 5.49. The van der Waals surface area contributed by atoms with Gasteiger partial charge in [0.05, 0.1) is 6.10 Å². The first-order valence-electron chi connectivity index (χ1n) is 9.38. The highest BCUT2D eigenvalue weighted by Gasteiger charge is 2.35. The molecular formula is C19H26N4O2S. The Morgan fingerprint density at radius 1 is 1.04 bits per heavy atom. The molecule has 140 valence electrons. The zero-order valence-electron chi connectivity index (χ0n) is 14.9. The van der Waals surface area contributed by atoms with Gasteiger partial charge in [-0.25, -0.2) is 0 Å². The van der Waals surface area contributed by atoms with Crippen LogP contribution in [0.1, 0.15) is 12.8 Å². The molecule has 26 heavy (non-hydrogen) atoms. The summed E-state index contributed by atoms with van der Waals surface area (Å²) < 4.78 is 0. The van der Waals surface area contributed by atoms with E-state index in [4.69, 9.17) is 0 Å². The largest absolute Gasteiger partial charge is 0.396 e. The molecule has 0 aliphatic carbocycles. The van der Waals surface area contributed by atoms with Crippen LogP contribution in [0, 0.1) is 11.8 Å². The summed E-state index contributed by atoms with van der Waals surface area (Å²) in [5, 5.41) is 30.2. The molecule has 4 rings (SSSR count). The van der Waals surface area contributed by atoms with Crippen molar-refractivity contribution in [2.24, 2.45) is 11.8 Å². The topological polar surface area (TPSA) is 72.7 Å². The summed E-state index contributed by atoms with van der Waals surface area (Å²) in [6, 6.07) is 10.1. The molecule has 1 aromatic heterocycles. The maximum Gasteiger partial charge on any atom is 0.208 e. The van der Waals surface area contributed by atoms with Gasteiger partial charge in [-0.05, 0) is 18.8 Å². The summed E-state index contributed by atoms with van der Waals surface area (Å²) in [6.07, 6.45) is 1.58. The lowest BCUT2D eigenvalue weighted by molar-refractivity contribution is 0.0687. The van der Waals surface area contributed by atoms with Crippen LogP contribution in [0.4, 0.5) is 5.13 Å². The molecule has 0 bridgehead atoms. The van der Waals surface area contributed by atoms with Crippen molar-refractivity contribution in [3.8, 4) is 10.6 Å². The number of hydrogen-bond donors (Lipinski definition) is 2. The summed E-state index contributed by atoms with van der Waals surface area (Å²) in [4.78, 5) is 4.70. The van der Waals surface area contributed by atoms with Gasteiger partial charge in [0.25, 0.3) is 0 Å². The number of anilines is 1. The van der Waals surface area contributed by atoms with Crippen molar-refractivity contribution in [1.29, 1.82) is 0 Å². The van der Waals surface area contributed by atoms with Crippen molar-refractivity contribution in [1.82, 2.24) is 15.1 Å². The van der Waals surface area contributed by atoms with Crippen molar-refractivity contribution in [3.05, 3.63) is 30.3 Å². The van der Waals surface area contributed by atoms with Gasteiger partial charge in [0.15, 0.2) is 0 Å². The first-order chi connectivity index (χ1) is 12.7. The molecular weight excluding hydrogens is 348 g/mol. The molecule has 0 spiro atoms. The number of aromatic nitrogens is 2. The predicted molar refractivity (Wildman–Crippen MR) is 103 cm³/mol. The number of rotatable bonds is 5. The Morgan fingerprint density at radius 2 is 1.77 bits per heavy atom. The maximum atomic E-state index is 9.84. The third-order valence-corrected chi connectivity index (χ3v) is 6.60. The minimum atomic E-state index is -0.141. The molecule has 7 heteroatoms. The second kappa shape index (κ2) is 8.00. The van der Waals surface area contributed by atoms with E-state index in [0.717, 1.165) is 61.3 Å². The highest BCUT2D eigenvalue weighted by atomic mass is 32.1. The van der Waals surface area contributed by atoms with Gasteiger partial charge in [0.2, 0.25) is 5.13 Å². The predicted octanol–water partition coefficient (Wildman–Crippen LogP) is 1.71. The number of aliphatic hydroxyl groups excluding tert-OH is 2. The highest BCUT2D eigenvalue weighted by Crippen LogP contribution is 2.34. The highest BCUT2D eigenvalue weighted by molar-refractivity contribution is 7.18. The molecule has 0 saturated carbocycles. The summed E-state index contributed by atoms with van der Waals surface area (Å²) in [6.45, 7) is 4.84. The number of benzene rings is 1. The van der Waals surface area contributed by atoms with E-state index in [0.29, 0.717) is 5.92 Å². The number of nitrogens with zero attached hydrogens (tertiary/aromatic N) is 4. The molecule has 2 N–H and O–H groups in total. The first kappa shape index (κ1) is 17.9. The lowest BCUT2D eigenvalue weighted by Crippen LogP contribution is -2.40. The fourth-order valence-corrected chi connectivity index (χ4v) is 4.85. The summed E-state index contributed by atoms with van der Waals surface area (Å²) >= 11 is 1.62. The molecule has 2 aliphatic rings. The fraction of sp³-hybridized carbons (Fsp3) is 0.579. The minimum absolute atomic E-state index is 0.141. The van der Waals surface area contributed by atoms with Gasteiger partial charge in [-0.2, -0.15) is 0 Å². The molecule has 0 unspecified atom stereocenters. The molecule has 2 aromatic rings. The third kappa shape index (κ3) is 3.91. The number of likely N-dealkylation sites (tertiary alicyclic amines) is 1. The van der Waals surface area contributed by atoms with Gasteiger partial charge in [-0.15, -0.1) is 10.2 Å². The van der Waals surface area contributed by atoms with Crippen LogP contribution in [0.3, 0.4) is 0 Å². The van der Waals surface area contributed by atoms with E-state index < -0.39 is 0 Å². The van der Waals surface area contributed by atoms with E-state index in [2.05, 4.69) is 32.1 Å². The second-order valence-electron chi connectivity index (χ2n) is 7.40. The fourth-order valence-electron chi connectivity index (χ4n) is 3.98. The van der Waals surface area contributed by atoms with Gasteiger partial charge < -0.3 is 20.0 Å². The quantitative estimate of drug-likeness (QED) is 0.830. The van der Waals surface area contributed by atoms with Gasteiger partial charge in [0, 0.05) is 50.8 Å². The molecule has 0 amide bonds. The third-order valence-electron chi connectivity index (χ3n) is 5.57. The first-order valence-corrected chi connectivity index (χ1v) is 10.2. The van der Waals surface area contributed by atoms with Crippen LogP contribution in [0.15, 0.2) is 30.3 Å². The molecule has 2 fully saturated rings. The smallest absolute Gasteiger partial charge is 0.208 e. The minimum Gasteiger partial charge on any atom is -0.396 e. The Bertz CT molecular complexity index is 703. The molecule has 2 aliphatic heterocycles. The van der Waals surface area contributed by atoms with E-state index >= 15 is 0 Å². The molecule has 2 atom stereocenters. The summed E-state index contributed by atoms with van der Waals surface area (Å²) in [7, 11) is 0. The zero-order valence-corrected chi connectivity index (χ0v) is 15.7. The molecule has 0 radical (unpaired) electrons. The Labute approximate surface area is 158 Å². The van der Waals surface area contributed by atoms with Gasteiger partial charge >= 0.3 is 0 Å². The van der Waals surface area contributed by atoms with Crippen LogP contribution in [0.25, 0.3) is 10.6 Å². The Balaban J connectivity index is 1.41. The molecule has 2 saturated heterocycles. The van der Waals surface area contributed by atoms with Crippen LogP contribution < -0.4 is 4.90 Å². The molecule has 1 aromatic carbocycles. The van der Waals surface area contributed by atoms with Crippen molar-refractivity contribution in [2.45, 2.75) is 18.9 Å². The van der Waals surface area contributed by atoms with Crippen molar-refractivity contribution in [3.63, 3.8) is 0 Å². The van der Waals surface area contributed by atoms with Gasteiger partial charge in [-0.3, -0.25) is 0 Å². The average molecular weight is 375 g/mol. The zero-order chi connectivity index (χ0) is 17.9. The molecule has 6 nitrogen and oxygen atoms in total. The monoisotopic (exact) mass is 374 g/mol. The Hall–Kier alpha value is -1.54. The van der Waals surface area contributed by atoms with E-state index in [9.17, 15) is 10.2 Å². The number of hydrogen-bond acceptors (Lipinski definition) is 7. The van der Waals surface area contributed by atoms with Gasteiger partial charge in [0.1, 0.15) is 5.01 Å².